The average molecular weight is 221 g/mol. The average Bonchev–Trinajstić information content (AvgIpc) is 2.20. The number of hydrogen-bond donors (Lipinski definition) is 1. The second kappa shape index (κ2) is 5.35. The van der Waals surface area contributed by atoms with E-state index in [1.54, 1.807) is 0 Å². The van der Waals surface area contributed by atoms with Crippen LogP contribution in [0.3, 0.4) is 0 Å². The van der Waals surface area contributed by atoms with Crippen molar-refractivity contribution in [2.24, 2.45) is 0 Å². The molecule has 0 spiro atoms. The molecule has 0 heterocycles. The monoisotopic (exact) mass is 221 g/mol. The minimum absolute atomic E-state index is 0.172. The third-order valence-electron chi connectivity index (χ3n) is 2.53. The summed E-state index contributed by atoms with van der Waals surface area (Å²) in [6.07, 6.45) is 0. The second-order valence-corrected chi connectivity index (χ2v) is 4.91. The fourth-order valence-electron chi connectivity index (χ4n) is 1.58. The summed E-state index contributed by atoms with van der Waals surface area (Å²) < 4.78 is 6.05. The lowest BCUT2D eigenvalue weighted by Gasteiger charge is -2.27. The summed E-state index contributed by atoms with van der Waals surface area (Å²) in [5.41, 5.74) is 2.25. The Morgan fingerprint density at radius 2 is 1.94 bits per heavy atom. The van der Waals surface area contributed by atoms with E-state index in [1.807, 2.05) is 0 Å². The number of rotatable bonds is 5. The van der Waals surface area contributed by atoms with Gasteiger partial charge in [0.05, 0.1) is 0 Å². The van der Waals surface area contributed by atoms with E-state index in [9.17, 15) is 0 Å². The second-order valence-electron chi connectivity index (χ2n) is 4.91. The SMILES string of the molecule is CCNCC(C)(C)Oc1cc(C)ccc1C. The molecule has 1 aromatic carbocycles. The van der Waals surface area contributed by atoms with Gasteiger partial charge in [0.1, 0.15) is 11.4 Å². The molecule has 0 radical (unpaired) electrons. The van der Waals surface area contributed by atoms with Crippen LogP contribution in [0, 0.1) is 13.8 Å². The Kier molecular flexibility index (Phi) is 4.36. The van der Waals surface area contributed by atoms with Crippen molar-refractivity contribution in [1.82, 2.24) is 5.32 Å². The van der Waals surface area contributed by atoms with Crippen molar-refractivity contribution in [1.29, 1.82) is 0 Å². The number of likely N-dealkylation sites (N-methyl/N-ethyl adjacent to an activating group) is 1. The van der Waals surface area contributed by atoms with Crippen LogP contribution < -0.4 is 10.1 Å². The van der Waals surface area contributed by atoms with Gasteiger partial charge in [0.25, 0.3) is 0 Å². The van der Waals surface area contributed by atoms with Gasteiger partial charge < -0.3 is 10.1 Å². The van der Waals surface area contributed by atoms with Crippen LogP contribution in [0.4, 0.5) is 0 Å². The molecule has 0 aliphatic carbocycles. The highest BCUT2D eigenvalue weighted by molar-refractivity contribution is 5.36. The fraction of sp³-hybridized carbons (Fsp3) is 0.571. The quantitative estimate of drug-likeness (QED) is 0.825. The molecule has 0 bridgehead atoms. The molecule has 0 saturated heterocycles. The van der Waals surface area contributed by atoms with E-state index in [2.05, 4.69) is 58.1 Å². The van der Waals surface area contributed by atoms with Crippen LogP contribution in [-0.2, 0) is 0 Å². The Morgan fingerprint density at radius 3 is 2.56 bits per heavy atom. The summed E-state index contributed by atoms with van der Waals surface area (Å²) in [6.45, 7) is 12.3. The number of benzene rings is 1. The van der Waals surface area contributed by atoms with Crippen LogP contribution in [0.25, 0.3) is 0 Å². The van der Waals surface area contributed by atoms with Gasteiger partial charge in [0.2, 0.25) is 0 Å². The Labute approximate surface area is 99.0 Å². The van der Waals surface area contributed by atoms with Crippen LogP contribution >= 0.6 is 0 Å². The molecule has 0 amide bonds. The van der Waals surface area contributed by atoms with Crippen LogP contribution in [-0.4, -0.2) is 18.7 Å². The smallest absolute Gasteiger partial charge is 0.123 e. The van der Waals surface area contributed by atoms with Gasteiger partial charge in [-0.1, -0.05) is 19.1 Å². The van der Waals surface area contributed by atoms with Gasteiger partial charge in [-0.15, -0.1) is 0 Å². The van der Waals surface area contributed by atoms with E-state index in [1.165, 1.54) is 11.1 Å². The zero-order chi connectivity index (χ0) is 12.2. The van der Waals surface area contributed by atoms with Crippen LogP contribution in [0.1, 0.15) is 31.9 Å². The molecule has 1 aromatic rings. The molecule has 0 unspecified atom stereocenters. The number of ether oxygens (including phenoxy) is 1. The van der Waals surface area contributed by atoms with Crippen molar-refractivity contribution in [3.8, 4) is 5.75 Å². The van der Waals surface area contributed by atoms with E-state index < -0.39 is 0 Å². The Bertz CT molecular complexity index is 345. The number of hydrogen-bond acceptors (Lipinski definition) is 2. The van der Waals surface area contributed by atoms with Crippen LogP contribution in [0.15, 0.2) is 18.2 Å². The molecule has 2 heteroatoms. The largest absolute Gasteiger partial charge is 0.486 e. The van der Waals surface area contributed by atoms with E-state index in [4.69, 9.17) is 4.74 Å². The minimum Gasteiger partial charge on any atom is -0.486 e. The van der Waals surface area contributed by atoms with Gasteiger partial charge in [0.15, 0.2) is 0 Å². The summed E-state index contributed by atoms with van der Waals surface area (Å²) in [7, 11) is 0. The van der Waals surface area contributed by atoms with Gasteiger partial charge in [-0.05, 0) is 51.4 Å². The molecule has 0 atom stereocenters. The Hall–Kier alpha value is -1.02. The molecule has 0 saturated carbocycles. The molecule has 1 rings (SSSR count). The van der Waals surface area contributed by atoms with Crippen molar-refractivity contribution >= 4 is 0 Å². The maximum absolute atomic E-state index is 6.05. The van der Waals surface area contributed by atoms with E-state index >= 15 is 0 Å². The van der Waals surface area contributed by atoms with Gasteiger partial charge in [-0.3, -0.25) is 0 Å². The Balaban J connectivity index is 2.74. The lowest BCUT2D eigenvalue weighted by atomic mass is 10.1. The minimum atomic E-state index is -0.172. The molecule has 1 N–H and O–H groups in total. The molecule has 90 valence electrons. The molecule has 2 nitrogen and oxygen atoms in total. The van der Waals surface area contributed by atoms with Gasteiger partial charge in [-0.2, -0.15) is 0 Å². The zero-order valence-electron chi connectivity index (χ0n) is 11.1. The van der Waals surface area contributed by atoms with E-state index in [0.29, 0.717) is 0 Å². The number of nitrogens with one attached hydrogen (secondary N) is 1. The fourth-order valence-corrected chi connectivity index (χ4v) is 1.58. The van der Waals surface area contributed by atoms with Crippen LogP contribution in [0.5, 0.6) is 5.75 Å². The van der Waals surface area contributed by atoms with Crippen molar-refractivity contribution in [3.05, 3.63) is 29.3 Å². The van der Waals surface area contributed by atoms with Crippen molar-refractivity contribution in [3.63, 3.8) is 0 Å². The topological polar surface area (TPSA) is 21.3 Å². The standard InChI is InChI=1S/C14H23NO/c1-6-15-10-14(4,5)16-13-9-11(2)7-8-12(13)3/h7-9,15H,6,10H2,1-5H3. The lowest BCUT2D eigenvalue weighted by Crippen LogP contribution is -2.40. The molecule has 0 aliphatic heterocycles. The van der Waals surface area contributed by atoms with E-state index in [-0.39, 0.29) is 5.60 Å². The molecule has 0 fully saturated rings. The van der Waals surface area contributed by atoms with Gasteiger partial charge >= 0.3 is 0 Å². The predicted octanol–water partition coefficient (Wildman–Crippen LogP) is 3.07. The summed E-state index contributed by atoms with van der Waals surface area (Å²) in [5, 5.41) is 3.32. The first-order valence-electron chi connectivity index (χ1n) is 5.91. The first kappa shape index (κ1) is 13.0. The predicted molar refractivity (Wildman–Crippen MR) is 69.2 cm³/mol. The molecule has 0 aromatic heterocycles. The first-order chi connectivity index (χ1) is 7.44. The highest BCUT2D eigenvalue weighted by Gasteiger charge is 2.19. The molecular weight excluding hydrogens is 198 g/mol. The Morgan fingerprint density at radius 1 is 1.25 bits per heavy atom. The van der Waals surface area contributed by atoms with Crippen LogP contribution in [0.2, 0.25) is 0 Å². The third kappa shape index (κ3) is 3.86. The highest BCUT2D eigenvalue weighted by Crippen LogP contribution is 2.23. The van der Waals surface area contributed by atoms with Gasteiger partial charge in [-0.25, -0.2) is 0 Å². The van der Waals surface area contributed by atoms with Crippen molar-refractivity contribution in [2.75, 3.05) is 13.1 Å². The van der Waals surface area contributed by atoms with E-state index in [0.717, 1.165) is 18.8 Å². The lowest BCUT2D eigenvalue weighted by molar-refractivity contribution is 0.108. The van der Waals surface area contributed by atoms with Crippen molar-refractivity contribution < 1.29 is 4.74 Å². The van der Waals surface area contributed by atoms with Gasteiger partial charge in [0, 0.05) is 6.54 Å². The summed E-state index contributed by atoms with van der Waals surface area (Å²) in [6, 6.07) is 6.32. The summed E-state index contributed by atoms with van der Waals surface area (Å²) in [5.74, 6) is 0.989. The zero-order valence-corrected chi connectivity index (χ0v) is 11.1. The maximum atomic E-state index is 6.05. The third-order valence-corrected chi connectivity index (χ3v) is 2.53. The first-order valence-corrected chi connectivity index (χ1v) is 5.91. The summed E-state index contributed by atoms with van der Waals surface area (Å²) >= 11 is 0. The van der Waals surface area contributed by atoms with Crippen molar-refractivity contribution in [2.45, 2.75) is 40.2 Å². The normalized spacial score (nSPS) is 11.6. The number of aryl methyl sites for hydroxylation is 2. The maximum Gasteiger partial charge on any atom is 0.123 e. The molecule has 16 heavy (non-hydrogen) atoms. The molecule has 0 aliphatic rings. The molecular formula is C14H23NO. The summed E-state index contributed by atoms with van der Waals surface area (Å²) in [4.78, 5) is 0. The highest BCUT2D eigenvalue weighted by atomic mass is 16.5.